The van der Waals surface area contributed by atoms with E-state index in [0.717, 1.165) is 6.07 Å². The Kier molecular flexibility index (Phi) is 4.26. The summed E-state index contributed by atoms with van der Waals surface area (Å²) in [5.41, 5.74) is -0.480. The third-order valence-electron chi connectivity index (χ3n) is 2.96. The fourth-order valence-corrected chi connectivity index (χ4v) is 1.95. The second kappa shape index (κ2) is 5.95. The first-order valence-corrected chi connectivity index (χ1v) is 6.21. The van der Waals surface area contributed by atoms with E-state index in [0.29, 0.717) is 0 Å². The maximum absolute atomic E-state index is 12.9. The van der Waals surface area contributed by atoms with Crippen molar-refractivity contribution in [2.45, 2.75) is 12.7 Å². The first-order chi connectivity index (χ1) is 9.89. The average molecular weight is 294 g/mol. The van der Waals surface area contributed by atoms with Gasteiger partial charge in [-0.2, -0.15) is 13.2 Å². The van der Waals surface area contributed by atoms with Crippen LogP contribution in [0.15, 0.2) is 48.7 Å². The molecule has 6 heteroatoms. The van der Waals surface area contributed by atoms with Gasteiger partial charge in [0, 0.05) is 19.8 Å². The van der Waals surface area contributed by atoms with Gasteiger partial charge in [-0.25, -0.2) is 0 Å². The summed E-state index contributed by atoms with van der Waals surface area (Å²) >= 11 is 0. The number of halogens is 3. The molecule has 21 heavy (non-hydrogen) atoms. The molecular weight excluding hydrogens is 281 g/mol. The number of alkyl halides is 3. The van der Waals surface area contributed by atoms with Crippen molar-refractivity contribution in [3.05, 3.63) is 65.5 Å². The summed E-state index contributed by atoms with van der Waals surface area (Å²) in [6.45, 7) is -0.134. The van der Waals surface area contributed by atoms with Crippen LogP contribution in [0.1, 0.15) is 21.6 Å². The molecule has 110 valence electrons. The lowest BCUT2D eigenvalue weighted by Crippen LogP contribution is -2.28. The van der Waals surface area contributed by atoms with Crippen molar-refractivity contribution in [2.75, 3.05) is 7.05 Å². The van der Waals surface area contributed by atoms with E-state index in [1.54, 1.807) is 12.1 Å². The van der Waals surface area contributed by atoms with Crippen LogP contribution in [0.25, 0.3) is 0 Å². The molecular formula is C15H13F3N2O. The van der Waals surface area contributed by atoms with Gasteiger partial charge in [-0.15, -0.1) is 0 Å². The smallest absolute Gasteiger partial charge is 0.336 e. The fraction of sp³-hybridized carbons (Fsp3) is 0.200. The molecule has 0 atom stereocenters. The summed E-state index contributed by atoms with van der Waals surface area (Å²) in [5, 5.41) is 0. The predicted molar refractivity (Wildman–Crippen MR) is 71.5 cm³/mol. The number of benzene rings is 1. The number of rotatable bonds is 3. The Morgan fingerprint density at radius 3 is 2.43 bits per heavy atom. The van der Waals surface area contributed by atoms with Crippen molar-refractivity contribution in [1.29, 1.82) is 0 Å². The van der Waals surface area contributed by atoms with Gasteiger partial charge in [0.25, 0.3) is 5.91 Å². The largest absolute Gasteiger partial charge is 0.416 e. The Hall–Kier alpha value is -2.37. The van der Waals surface area contributed by atoms with Crippen LogP contribution in [0.4, 0.5) is 13.2 Å². The topological polar surface area (TPSA) is 33.2 Å². The molecule has 0 saturated carbocycles. The molecule has 0 aliphatic rings. The Morgan fingerprint density at radius 2 is 1.81 bits per heavy atom. The minimum Gasteiger partial charge on any atom is -0.336 e. The minimum atomic E-state index is -4.44. The molecule has 1 aromatic heterocycles. The second-order valence-electron chi connectivity index (χ2n) is 4.53. The zero-order valence-corrected chi connectivity index (χ0v) is 11.3. The van der Waals surface area contributed by atoms with Crippen LogP contribution in [-0.4, -0.2) is 22.8 Å². The molecule has 2 aromatic rings. The van der Waals surface area contributed by atoms with Gasteiger partial charge in [0.1, 0.15) is 5.69 Å². The van der Waals surface area contributed by atoms with Gasteiger partial charge in [0.15, 0.2) is 0 Å². The highest BCUT2D eigenvalue weighted by Crippen LogP contribution is 2.32. The average Bonchev–Trinajstić information content (AvgIpc) is 2.47. The molecule has 1 heterocycles. The SMILES string of the molecule is CN(Cc1ccccc1C(F)(F)F)C(=O)c1ccccn1. The Bertz CT molecular complexity index is 626. The van der Waals surface area contributed by atoms with Crippen molar-refractivity contribution in [1.82, 2.24) is 9.88 Å². The predicted octanol–water partition coefficient (Wildman–Crippen LogP) is 3.37. The van der Waals surface area contributed by atoms with Gasteiger partial charge < -0.3 is 4.90 Å². The van der Waals surface area contributed by atoms with Gasteiger partial charge in [-0.3, -0.25) is 9.78 Å². The van der Waals surface area contributed by atoms with Crippen LogP contribution in [0, 0.1) is 0 Å². The maximum atomic E-state index is 12.9. The van der Waals surface area contributed by atoms with E-state index in [-0.39, 0.29) is 17.8 Å². The first-order valence-electron chi connectivity index (χ1n) is 6.21. The van der Waals surface area contributed by atoms with E-state index >= 15 is 0 Å². The van der Waals surface area contributed by atoms with Gasteiger partial charge in [-0.1, -0.05) is 24.3 Å². The Labute approximate surface area is 120 Å². The second-order valence-corrected chi connectivity index (χ2v) is 4.53. The highest BCUT2D eigenvalue weighted by atomic mass is 19.4. The van der Waals surface area contributed by atoms with Crippen molar-refractivity contribution in [3.8, 4) is 0 Å². The summed E-state index contributed by atoms with van der Waals surface area (Å²) < 4.78 is 38.7. The number of carbonyl (C=O) groups excluding carboxylic acids is 1. The first kappa shape index (κ1) is 15.0. The lowest BCUT2D eigenvalue weighted by molar-refractivity contribution is -0.138. The van der Waals surface area contributed by atoms with E-state index < -0.39 is 17.6 Å². The molecule has 0 radical (unpaired) electrons. The van der Waals surface area contributed by atoms with E-state index in [4.69, 9.17) is 0 Å². The van der Waals surface area contributed by atoms with Crippen LogP contribution in [-0.2, 0) is 12.7 Å². The van der Waals surface area contributed by atoms with E-state index in [9.17, 15) is 18.0 Å². The van der Waals surface area contributed by atoms with Gasteiger partial charge in [0.2, 0.25) is 0 Å². The summed E-state index contributed by atoms with van der Waals surface area (Å²) in [7, 11) is 1.45. The molecule has 0 N–H and O–H groups in total. The lowest BCUT2D eigenvalue weighted by Gasteiger charge is -2.19. The number of carbonyl (C=O) groups is 1. The van der Waals surface area contributed by atoms with Crippen LogP contribution in [0.2, 0.25) is 0 Å². The van der Waals surface area contributed by atoms with Crippen LogP contribution in [0.3, 0.4) is 0 Å². The maximum Gasteiger partial charge on any atom is 0.416 e. The standard InChI is InChI=1S/C15H13F3N2O/c1-20(14(21)13-8-4-5-9-19-13)10-11-6-2-3-7-12(11)15(16,17)18/h2-9H,10H2,1H3. The number of aromatic nitrogens is 1. The zero-order valence-electron chi connectivity index (χ0n) is 11.3. The molecule has 0 aliphatic heterocycles. The van der Waals surface area contributed by atoms with Crippen molar-refractivity contribution in [2.24, 2.45) is 0 Å². The number of hydrogen-bond donors (Lipinski definition) is 0. The molecule has 0 fully saturated rings. The van der Waals surface area contributed by atoms with E-state index in [2.05, 4.69) is 4.98 Å². The third-order valence-corrected chi connectivity index (χ3v) is 2.96. The fourth-order valence-electron chi connectivity index (χ4n) is 1.95. The third kappa shape index (κ3) is 3.59. The molecule has 0 saturated heterocycles. The molecule has 1 aromatic carbocycles. The minimum absolute atomic E-state index is 0.0526. The molecule has 3 nitrogen and oxygen atoms in total. The van der Waals surface area contributed by atoms with Crippen LogP contribution < -0.4 is 0 Å². The quantitative estimate of drug-likeness (QED) is 0.869. The van der Waals surface area contributed by atoms with Crippen molar-refractivity contribution in [3.63, 3.8) is 0 Å². The van der Waals surface area contributed by atoms with Crippen LogP contribution in [0.5, 0.6) is 0 Å². The van der Waals surface area contributed by atoms with E-state index in [1.807, 2.05) is 0 Å². The number of pyridine rings is 1. The molecule has 0 spiro atoms. The van der Waals surface area contributed by atoms with Gasteiger partial charge in [0.05, 0.1) is 5.56 Å². The lowest BCUT2D eigenvalue weighted by atomic mass is 10.1. The molecule has 0 aliphatic carbocycles. The highest BCUT2D eigenvalue weighted by molar-refractivity contribution is 5.92. The molecule has 1 amide bonds. The normalized spacial score (nSPS) is 11.2. The van der Waals surface area contributed by atoms with Crippen LogP contribution >= 0.6 is 0 Å². The van der Waals surface area contributed by atoms with Gasteiger partial charge >= 0.3 is 6.18 Å². The van der Waals surface area contributed by atoms with Crippen molar-refractivity contribution < 1.29 is 18.0 Å². The summed E-state index contributed by atoms with van der Waals surface area (Å²) in [6.07, 6.45) is -2.98. The molecule has 2 rings (SSSR count). The zero-order chi connectivity index (χ0) is 15.5. The summed E-state index contributed by atoms with van der Waals surface area (Å²) in [6, 6.07) is 10.1. The van der Waals surface area contributed by atoms with Gasteiger partial charge in [-0.05, 0) is 23.8 Å². The molecule has 0 bridgehead atoms. The Balaban J connectivity index is 2.21. The number of nitrogens with zero attached hydrogens (tertiary/aromatic N) is 2. The highest BCUT2D eigenvalue weighted by Gasteiger charge is 2.33. The number of hydrogen-bond acceptors (Lipinski definition) is 2. The Morgan fingerprint density at radius 1 is 1.14 bits per heavy atom. The van der Waals surface area contributed by atoms with Crippen molar-refractivity contribution >= 4 is 5.91 Å². The molecule has 0 unspecified atom stereocenters. The number of amides is 1. The summed E-state index contributed by atoms with van der Waals surface area (Å²) in [4.78, 5) is 17.2. The van der Waals surface area contributed by atoms with E-state index in [1.165, 1.54) is 42.4 Å². The summed E-state index contributed by atoms with van der Waals surface area (Å²) in [5.74, 6) is -0.424. The monoisotopic (exact) mass is 294 g/mol.